The standard InChI is InChI=1S/C27H45NO3/c1-18-15-23-20-8-10-26(3)21(19(20)7-9-25(23,2)17-27(18,4)30)5-6-22(26)24(29)16-28-11-13-31-14-12-28/h18-23,30H,5-17H2,1-4H3/t18-,19-,20+,21+,22-,23-,25+,26+,27+/m1/s1. The van der Waals surface area contributed by atoms with Crippen molar-refractivity contribution in [3.63, 3.8) is 0 Å². The van der Waals surface area contributed by atoms with Crippen molar-refractivity contribution in [1.82, 2.24) is 4.90 Å². The minimum absolute atomic E-state index is 0.212. The van der Waals surface area contributed by atoms with Gasteiger partial charge in [-0.2, -0.15) is 0 Å². The number of nitrogens with zero attached hydrogens (tertiary/aromatic N) is 1. The Kier molecular flexibility index (Phi) is 5.63. The number of carbonyl (C=O) groups excluding carboxylic acids is 1. The zero-order chi connectivity index (χ0) is 22.0. The van der Waals surface area contributed by atoms with E-state index < -0.39 is 5.60 Å². The lowest BCUT2D eigenvalue weighted by atomic mass is 9.44. The molecule has 0 amide bonds. The fraction of sp³-hybridized carbons (Fsp3) is 0.963. The van der Waals surface area contributed by atoms with Crippen molar-refractivity contribution in [2.24, 2.45) is 46.3 Å². The summed E-state index contributed by atoms with van der Waals surface area (Å²) in [5, 5.41) is 11.0. The van der Waals surface area contributed by atoms with Crippen LogP contribution in [0.3, 0.4) is 0 Å². The predicted octanol–water partition coefficient (Wildman–Crippen LogP) is 4.54. The summed E-state index contributed by atoms with van der Waals surface area (Å²) >= 11 is 0. The van der Waals surface area contributed by atoms with Crippen LogP contribution >= 0.6 is 0 Å². The minimum Gasteiger partial charge on any atom is -0.390 e. The highest BCUT2D eigenvalue weighted by Crippen LogP contribution is 2.67. The summed E-state index contributed by atoms with van der Waals surface area (Å²) in [6, 6.07) is 0. The van der Waals surface area contributed by atoms with Crippen LogP contribution in [0.5, 0.6) is 0 Å². The smallest absolute Gasteiger partial charge is 0.150 e. The van der Waals surface area contributed by atoms with E-state index >= 15 is 0 Å². The van der Waals surface area contributed by atoms with Crippen molar-refractivity contribution in [1.29, 1.82) is 0 Å². The van der Waals surface area contributed by atoms with E-state index in [2.05, 4.69) is 32.6 Å². The third-order valence-electron chi connectivity index (χ3n) is 11.3. The van der Waals surface area contributed by atoms with Gasteiger partial charge in [0.2, 0.25) is 0 Å². The van der Waals surface area contributed by atoms with E-state index in [9.17, 15) is 9.90 Å². The molecule has 176 valence electrons. The molecule has 0 radical (unpaired) electrons. The van der Waals surface area contributed by atoms with E-state index in [0.717, 1.165) is 62.8 Å². The van der Waals surface area contributed by atoms with Gasteiger partial charge >= 0.3 is 0 Å². The molecule has 0 aromatic rings. The molecule has 0 bridgehead atoms. The molecule has 5 aliphatic rings. The molecular weight excluding hydrogens is 386 g/mol. The minimum atomic E-state index is -0.508. The maximum Gasteiger partial charge on any atom is 0.150 e. The number of ketones is 1. The van der Waals surface area contributed by atoms with Gasteiger partial charge in [-0.1, -0.05) is 20.8 Å². The molecule has 4 saturated carbocycles. The summed E-state index contributed by atoms with van der Waals surface area (Å²) in [6.07, 6.45) is 9.64. The van der Waals surface area contributed by atoms with Crippen LogP contribution in [-0.2, 0) is 9.53 Å². The summed E-state index contributed by atoms with van der Waals surface area (Å²) < 4.78 is 5.47. The zero-order valence-electron chi connectivity index (χ0n) is 20.4. The molecule has 31 heavy (non-hydrogen) atoms. The highest BCUT2D eigenvalue weighted by molar-refractivity contribution is 5.84. The molecular formula is C27H45NO3. The summed E-state index contributed by atoms with van der Waals surface area (Å²) in [5.41, 5.74) is 0.00473. The normalized spacial score (nSPS) is 52.8. The number of hydrogen-bond acceptors (Lipinski definition) is 4. The van der Waals surface area contributed by atoms with Crippen LogP contribution in [0, 0.1) is 46.3 Å². The Labute approximate surface area is 189 Å². The van der Waals surface area contributed by atoms with Crippen LogP contribution < -0.4 is 0 Å². The van der Waals surface area contributed by atoms with Crippen molar-refractivity contribution in [2.75, 3.05) is 32.8 Å². The van der Waals surface area contributed by atoms with Gasteiger partial charge in [0.1, 0.15) is 5.78 Å². The zero-order valence-corrected chi connectivity index (χ0v) is 20.4. The maximum atomic E-state index is 13.4. The SMILES string of the molecule is C[C@@H]1C[C@@H]2[C@H]3CC[C@]4(C)[C@@H](C(=O)CN5CCOCC5)CC[C@H]4[C@@H]3CC[C@@]2(C)C[C@]1(C)O. The first kappa shape index (κ1) is 22.3. The molecule has 0 unspecified atom stereocenters. The first-order valence-electron chi connectivity index (χ1n) is 13.2. The number of Topliss-reactive ketones (excluding diaryl/α,β-unsaturated/α-hetero) is 1. The number of fused-ring (bicyclic) bond motifs is 5. The van der Waals surface area contributed by atoms with E-state index in [4.69, 9.17) is 4.74 Å². The van der Waals surface area contributed by atoms with Crippen molar-refractivity contribution in [3.8, 4) is 0 Å². The molecule has 4 heteroatoms. The Morgan fingerprint density at radius 2 is 1.68 bits per heavy atom. The van der Waals surface area contributed by atoms with Crippen LogP contribution in [-0.4, -0.2) is 54.2 Å². The molecule has 1 aliphatic heterocycles. The highest BCUT2D eigenvalue weighted by Gasteiger charge is 2.61. The first-order valence-corrected chi connectivity index (χ1v) is 13.2. The molecule has 0 aromatic heterocycles. The topological polar surface area (TPSA) is 49.8 Å². The van der Waals surface area contributed by atoms with Gasteiger partial charge in [0.15, 0.2) is 0 Å². The highest BCUT2D eigenvalue weighted by atomic mass is 16.5. The van der Waals surface area contributed by atoms with Crippen LogP contribution in [0.1, 0.15) is 79.1 Å². The molecule has 1 heterocycles. The van der Waals surface area contributed by atoms with Gasteiger partial charge in [-0.25, -0.2) is 0 Å². The van der Waals surface area contributed by atoms with Gasteiger partial charge in [-0.05, 0) is 98.7 Å². The lowest BCUT2D eigenvalue weighted by Crippen LogP contribution is -2.57. The maximum absolute atomic E-state index is 13.4. The van der Waals surface area contributed by atoms with Crippen LogP contribution in [0.15, 0.2) is 0 Å². The summed E-state index contributed by atoms with van der Waals surface area (Å²) in [5.74, 6) is 4.26. The molecule has 0 spiro atoms. The van der Waals surface area contributed by atoms with Crippen molar-refractivity contribution in [3.05, 3.63) is 0 Å². The van der Waals surface area contributed by atoms with Crippen LogP contribution in [0.4, 0.5) is 0 Å². The van der Waals surface area contributed by atoms with Gasteiger partial charge in [0, 0.05) is 19.0 Å². The van der Waals surface area contributed by atoms with E-state index in [1.807, 2.05) is 0 Å². The number of morpholine rings is 1. The first-order chi connectivity index (χ1) is 14.6. The van der Waals surface area contributed by atoms with Gasteiger partial charge in [0.25, 0.3) is 0 Å². The number of carbonyl (C=O) groups is 1. The Balaban J connectivity index is 1.31. The number of aliphatic hydroxyl groups is 1. The molecule has 5 fully saturated rings. The average Bonchev–Trinajstić information content (AvgIpc) is 3.07. The van der Waals surface area contributed by atoms with Gasteiger partial charge in [-0.15, -0.1) is 0 Å². The Morgan fingerprint density at radius 1 is 1.00 bits per heavy atom. The summed E-state index contributed by atoms with van der Waals surface area (Å²) in [4.78, 5) is 15.7. The molecule has 5 rings (SSSR count). The van der Waals surface area contributed by atoms with E-state index in [1.54, 1.807) is 0 Å². The number of hydrogen-bond donors (Lipinski definition) is 1. The molecule has 1 saturated heterocycles. The lowest BCUT2D eigenvalue weighted by Gasteiger charge is -2.62. The second-order valence-corrected chi connectivity index (χ2v) is 12.9. The van der Waals surface area contributed by atoms with Crippen LogP contribution in [0.25, 0.3) is 0 Å². The van der Waals surface area contributed by atoms with Gasteiger partial charge in [-0.3, -0.25) is 9.69 Å². The molecule has 0 aromatic carbocycles. The Bertz CT molecular complexity index is 701. The number of ether oxygens (including phenoxy) is 1. The van der Waals surface area contributed by atoms with Crippen LogP contribution in [0.2, 0.25) is 0 Å². The molecule has 1 N–H and O–H groups in total. The van der Waals surface area contributed by atoms with Crippen molar-refractivity contribution >= 4 is 5.78 Å². The third-order valence-corrected chi connectivity index (χ3v) is 11.3. The number of rotatable bonds is 3. The predicted molar refractivity (Wildman–Crippen MR) is 123 cm³/mol. The van der Waals surface area contributed by atoms with Gasteiger partial charge < -0.3 is 9.84 Å². The van der Waals surface area contributed by atoms with E-state index in [1.165, 1.54) is 38.5 Å². The second kappa shape index (κ2) is 7.81. The van der Waals surface area contributed by atoms with E-state index in [-0.39, 0.29) is 11.3 Å². The Hall–Kier alpha value is -0.450. The van der Waals surface area contributed by atoms with Crippen molar-refractivity contribution < 1.29 is 14.6 Å². The van der Waals surface area contributed by atoms with Gasteiger partial charge in [0.05, 0.1) is 25.4 Å². The quantitative estimate of drug-likeness (QED) is 0.713. The summed E-state index contributed by atoms with van der Waals surface area (Å²) in [6.45, 7) is 13.3. The molecule has 4 nitrogen and oxygen atoms in total. The Morgan fingerprint density at radius 3 is 2.42 bits per heavy atom. The fourth-order valence-electron chi connectivity index (χ4n) is 9.35. The molecule has 9 atom stereocenters. The second-order valence-electron chi connectivity index (χ2n) is 12.9. The largest absolute Gasteiger partial charge is 0.390 e. The monoisotopic (exact) mass is 431 g/mol. The molecule has 4 aliphatic carbocycles. The van der Waals surface area contributed by atoms with Crippen molar-refractivity contribution in [2.45, 2.75) is 84.7 Å². The third kappa shape index (κ3) is 3.64. The lowest BCUT2D eigenvalue weighted by molar-refractivity contribution is -0.161. The van der Waals surface area contributed by atoms with E-state index in [0.29, 0.717) is 23.7 Å². The summed E-state index contributed by atoms with van der Waals surface area (Å²) in [7, 11) is 0. The fourth-order valence-corrected chi connectivity index (χ4v) is 9.35. The average molecular weight is 432 g/mol.